The second-order valence-corrected chi connectivity index (χ2v) is 3.88. The van der Waals surface area contributed by atoms with Crippen molar-refractivity contribution in [3.05, 3.63) is 23.8 Å². The molecular formula is C11H12ClF6NO2. The van der Waals surface area contributed by atoms with Gasteiger partial charge >= 0.3 is 12.5 Å². The van der Waals surface area contributed by atoms with Crippen LogP contribution in [0.1, 0.15) is 18.0 Å². The van der Waals surface area contributed by atoms with E-state index in [0.717, 1.165) is 18.2 Å². The van der Waals surface area contributed by atoms with Crippen molar-refractivity contribution < 1.29 is 35.8 Å². The molecule has 1 rings (SSSR count). The number of benzene rings is 1. The first kappa shape index (κ1) is 19.7. The molecule has 0 spiro atoms. The number of nitrogens with two attached hydrogens (primary N) is 1. The van der Waals surface area contributed by atoms with Gasteiger partial charge in [-0.05, 0) is 18.2 Å². The number of hydrogen-bond acceptors (Lipinski definition) is 3. The van der Waals surface area contributed by atoms with E-state index in [4.69, 9.17) is 10.5 Å². The van der Waals surface area contributed by atoms with Crippen LogP contribution >= 0.6 is 12.4 Å². The third-order valence-electron chi connectivity index (χ3n) is 2.29. The molecule has 21 heavy (non-hydrogen) atoms. The molecule has 0 unspecified atom stereocenters. The van der Waals surface area contributed by atoms with Crippen molar-refractivity contribution in [2.45, 2.75) is 25.0 Å². The molecule has 0 saturated carbocycles. The second kappa shape index (κ2) is 7.08. The highest BCUT2D eigenvalue weighted by atomic mass is 35.5. The number of halogens is 7. The summed E-state index contributed by atoms with van der Waals surface area (Å²) in [6.45, 7) is 0. The maximum Gasteiger partial charge on any atom is 0.573 e. The normalized spacial score (nSPS) is 13.3. The van der Waals surface area contributed by atoms with Gasteiger partial charge in [0.25, 0.3) is 0 Å². The Bertz CT molecular complexity index is 463. The van der Waals surface area contributed by atoms with Crippen molar-refractivity contribution >= 4 is 12.4 Å². The largest absolute Gasteiger partial charge is 0.573 e. The van der Waals surface area contributed by atoms with Crippen LogP contribution in [0.2, 0.25) is 0 Å². The quantitative estimate of drug-likeness (QED) is 0.844. The number of hydrogen-bond donors (Lipinski definition) is 1. The Kier molecular flexibility index (Phi) is 6.62. The first-order valence-electron chi connectivity index (χ1n) is 5.28. The van der Waals surface area contributed by atoms with Crippen molar-refractivity contribution in [1.82, 2.24) is 0 Å². The Hall–Kier alpha value is -1.35. The number of methoxy groups -OCH3 is 1. The van der Waals surface area contributed by atoms with Crippen LogP contribution < -0.4 is 15.2 Å². The van der Waals surface area contributed by atoms with Crippen LogP contribution in [-0.4, -0.2) is 19.6 Å². The van der Waals surface area contributed by atoms with Gasteiger partial charge in [0.2, 0.25) is 0 Å². The standard InChI is InChI=1S/C11H11F6NO2.ClH/c1-19-9-3-2-6(20-11(15,16)17)4-7(9)8(18)5-10(12,13)14;/h2-4,8H,5,18H2,1H3;1H/t8-;/m1./s1. The monoisotopic (exact) mass is 339 g/mol. The molecular weight excluding hydrogens is 328 g/mol. The highest BCUT2D eigenvalue weighted by Gasteiger charge is 2.34. The molecule has 2 N–H and O–H groups in total. The maximum absolute atomic E-state index is 12.3. The molecule has 0 aliphatic rings. The van der Waals surface area contributed by atoms with Gasteiger partial charge in [-0.2, -0.15) is 13.2 Å². The zero-order valence-electron chi connectivity index (χ0n) is 10.6. The average Bonchev–Trinajstić information content (AvgIpc) is 2.24. The molecule has 3 nitrogen and oxygen atoms in total. The molecule has 0 saturated heterocycles. The Balaban J connectivity index is 0.00000400. The van der Waals surface area contributed by atoms with E-state index in [1.54, 1.807) is 0 Å². The van der Waals surface area contributed by atoms with Gasteiger partial charge < -0.3 is 15.2 Å². The number of rotatable bonds is 4. The summed E-state index contributed by atoms with van der Waals surface area (Å²) >= 11 is 0. The van der Waals surface area contributed by atoms with Gasteiger partial charge in [0.05, 0.1) is 13.5 Å². The van der Waals surface area contributed by atoms with Gasteiger partial charge in [0, 0.05) is 11.6 Å². The summed E-state index contributed by atoms with van der Waals surface area (Å²) in [6, 6.07) is 1.22. The molecule has 0 bridgehead atoms. The second-order valence-electron chi connectivity index (χ2n) is 3.88. The van der Waals surface area contributed by atoms with E-state index in [2.05, 4.69) is 4.74 Å². The van der Waals surface area contributed by atoms with Crippen LogP contribution in [0.15, 0.2) is 18.2 Å². The summed E-state index contributed by atoms with van der Waals surface area (Å²) in [5.41, 5.74) is 5.14. The van der Waals surface area contributed by atoms with Gasteiger partial charge in [-0.1, -0.05) is 0 Å². The molecule has 0 radical (unpaired) electrons. The van der Waals surface area contributed by atoms with E-state index in [1.165, 1.54) is 7.11 Å². The topological polar surface area (TPSA) is 44.5 Å². The minimum atomic E-state index is -4.94. The predicted molar refractivity (Wildman–Crippen MR) is 64.5 cm³/mol. The molecule has 10 heteroatoms. The lowest BCUT2D eigenvalue weighted by Gasteiger charge is -2.18. The third-order valence-corrected chi connectivity index (χ3v) is 2.29. The van der Waals surface area contributed by atoms with Crippen LogP contribution in [0.3, 0.4) is 0 Å². The van der Waals surface area contributed by atoms with E-state index in [9.17, 15) is 26.3 Å². The lowest BCUT2D eigenvalue weighted by molar-refractivity contribution is -0.274. The van der Waals surface area contributed by atoms with E-state index >= 15 is 0 Å². The molecule has 0 aliphatic heterocycles. The van der Waals surface area contributed by atoms with Crippen molar-refractivity contribution in [1.29, 1.82) is 0 Å². The van der Waals surface area contributed by atoms with E-state index in [1.807, 2.05) is 0 Å². The van der Waals surface area contributed by atoms with Gasteiger partial charge in [-0.15, -0.1) is 25.6 Å². The minimum Gasteiger partial charge on any atom is -0.496 e. The van der Waals surface area contributed by atoms with Gasteiger partial charge in [0.1, 0.15) is 11.5 Å². The van der Waals surface area contributed by atoms with Crippen LogP contribution in [0.4, 0.5) is 26.3 Å². The van der Waals surface area contributed by atoms with Crippen molar-refractivity contribution in [3.8, 4) is 11.5 Å². The van der Waals surface area contributed by atoms with Gasteiger partial charge in [-0.3, -0.25) is 0 Å². The molecule has 1 atom stereocenters. The zero-order valence-corrected chi connectivity index (χ0v) is 11.4. The van der Waals surface area contributed by atoms with Crippen LogP contribution in [0.25, 0.3) is 0 Å². The molecule has 0 fully saturated rings. The minimum absolute atomic E-state index is 0. The predicted octanol–water partition coefficient (Wildman–Crippen LogP) is 3.97. The molecule has 1 aromatic rings. The fourth-order valence-corrected chi connectivity index (χ4v) is 1.56. The zero-order chi connectivity index (χ0) is 15.6. The van der Waals surface area contributed by atoms with Crippen LogP contribution in [-0.2, 0) is 0 Å². The van der Waals surface area contributed by atoms with Crippen LogP contribution in [0, 0.1) is 0 Å². The maximum atomic E-state index is 12.3. The highest BCUT2D eigenvalue weighted by molar-refractivity contribution is 5.85. The van der Waals surface area contributed by atoms with Crippen molar-refractivity contribution in [2.75, 3.05) is 7.11 Å². The summed E-state index contributed by atoms with van der Waals surface area (Å²) in [4.78, 5) is 0. The lowest BCUT2D eigenvalue weighted by atomic mass is 10.0. The number of ether oxygens (including phenoxy) is 2. The summed E-state index contributed by atoms with van der Waals surface area (Å²) in [6.07, 6.45) is -10.9. The van der Waals surface area contributed by atoms with E-state index < -0.39 is 30.8 Å². The molecule has 0 aromatic heterocycles. The molecule has 0 aliphatic carbocycles. The van der Waals surface area contributed by atoms with E-state index in [0.29, 0.717) is 0 Å². The highest BCUT2D eigenvalue weighted by Crippen LogP contribution is 2.35. The molecule has 0 heterocycles. The Morgan fingerprint density at radius 2 is 1.71 bits per heavy atom. The Labute approximate surface area is 122 Å². The smallest absolute Gasteiger partial charge is 0.496 e. The number of alkyl halides is 6. The molecule has 0 amide bonds. The average molecular weight is 340 g/mol. The Morgan fingerprint density at radius 3 is 2.14 bits per heavy atom. The Morgan fingerprint density at radius 1 is 1.14 bits per heavy atom. The summed E-state index contributed by atoms with van der Waals surface area (Å²) in [7, 11) is 1.17. The fourth-order valence-electron chi connectivity index (χ4n) is 1.56. The molecule has 1 aromatic carbocycles. The van der Waals surface area contributed by atoms with Gasteiger partial charge in [0.15, 0.2) is 0 Å². The summed E-state index contributed by atoms with van der Waals surface area (Å²) in [5, 5.41) is 0. The van der Waals surface area contributed by atoms with Gasteiger partial charge in [-0.25, -0.2) is 0 Å². The van der Waals surface area contributed by atoms with Crippen molar-refractivity contribution in [3.63, 3.8) is 0 Å². The van der Waals surface area contributed by atoms with E-state index in [-0.39, 0.29) is 23.7 Å². The van der Waals surface area contributed by atoms with Crippen LogP contribution in [0.5, 0.6) is 11.5 Å². The first-order valence-corrected chi connectivity index (χ1v) is 5.28. The SMILES string of the molecule is COc1ccc(OC(F)(F)F)cc1[C@H](N)CC(F)(F)F.Cl. The lowest BCUT2D eigenvalue weighted by Crippen LogP contribution is -2.21. The first-order chi connectivity index (χ1) is 9.02. The van der Waals surface area contributed by atoms with Crippen molar-refractivity contribution in [2.24, 2.45) is 5.73 Å². The summed E-state index contributed by atoms with van der Waals surface area (Å²) < 4.78 is 81.4. The summed E-state index contributed by atoms with van der Waals surface area (Å²) in [5.74, 6) is -0.706. The molecule has 122 valence electrons. The fraction of sp³-hybridized carbons (Fsp3) is 0.455. The third kappa shape index (κ3) is 6.76.